The van der Waals surface area contributed by atoms with Crippen LogP contribution in [0.4, 0.5) is 0 Å². The number of aliphatic hydroxyl groups is 2. The Kier molecular flexibility index (Phi) is 5.91. The molecule has 0 saturated heterocycles. The second-order valence-corrected chi connectivity index (χ2v) is 2.61. The Morgan fingerprint density at radius 1 is 1.45 bits per heavy atom. The minimum atomic E-state index is -0.695. The van der Waals surface area contributed by atoms with E-state index in [2.05, 4.69) is 18.8 Å². The van der Waals surface area contributed by atoms with Crippen molar-refractivity contribution in [2.24, 2.45) is 5.92 Å². The number of hydrogen-bond acceptors (Lipinski definition) is 2. The predicted molar refractivity (Wildman–Crippen MR) is 44.9 cm³/mol. The molecule has 0 aromatic carbocycles. The zero-order valence-electron chi connectivity index (χ0n) is 7.17. The summed E-state index contributed by atoms with van der Waals surface area (Å²) in [6.07, 6.45) is 1.21. The Morgan fingerprint density at radius 3 is 2.55 bits per heavy atom. The third kappa shape index (κ3) is 4.83. The van der Waals surface area contributed by atoms with E-state index in [1.807, 2.05) is 6.92 Å². The zero-order chi connectivity index (χ0) is 8.69. The van der Waals surface area contributed by atoms with Gasteiger partial charge in [-0.15, -0.1) is 5.92 Å². The SMILES string of the molecule is CCCC#C[C@H](C)[C@@H](O)CO. The highest BCUT2D eigenvalue weighted by Crippen LogP contribution is 1.99. The second-order valence-electron chi connectivity index (χ2n) is 2.61. The van der Waals surface area contributed by atoms with Crippen LogP contribution in [0.15, 0.2) is 0 Å². The van der Waals surface area contributed by atoms with Gasteiger partial charge in [0.2, 0.25) is 0 Å². The van der Waals surface area contributed by atoms with Gasteiger partial charge >= 0.3 is 0 Å². The highest BCUT2D eigenvalue weighted by molar-refractivity contribution is 5.04. The fourth-order valence-electron chi connectivity index (χ4n) is 0.612. The molecular formula is C9H16O2. The summed E-state index contributed by atoms with van der Waals surface area (Å²) < 4.78 is 0. The normalized spacial score (nSPS) is 14.9. The molecule has 0 aromatic rings. The first-order valence-electron chi connectivity index (χ1n) is 3.99. The Hall–Kier alpha value is -0.520. The van der Waals surface area contributed by atoms with Crippen LogP contribution in [0.2, 0.25) is 0 Å². The van der Waals surface area contributed by atoms with E-state index in [-0.39, 0.29) is 12.5 Å². The van der Waals surface area contributed by atoms with Gasteiger partial charge in [0.05, 0.1) is 12.7 Å². The maximum Gasteiger partial charge on any atom is 0.0905 e. The summed E-state index contributed by atoms with van der Waals surface area (Å²) >= 11 is 0. The molecule has 2 N–H and O–H groups in total. The van der Waals surface area contributed by atoms with Gasteiger partial charge in [0.1, 0.15) is 0 Å². The fourth-order valence-corrected chi connectivity index (χ4v) is 0.612. The lowest BCUT2D eigenvalue weighted by Crippen LogP contribution is -2.20. The quantitative estimate of drug-likeness (QED) is 0.593. The Balaban J connectivity index is 3.68. The van der Waals surface area contributed by atoms with Crippen LogP contribution in [0.3, 0.4) is 0 Å². The lowest BCUT2D eigenvalue weighted by molar-refractivity contribution is 0.0712. The number of rotatable bonds is 3. The number of hydrogen-bond donors (Lipinski definition) is 2. The zero-order valence-corrected chi connectivity index (χ0v) is 7.17. The van der Waals surface area contributed by atoms with Gasteiger partial charge in [-0.1, -0.05) is 12.8 Å². The maximum absolute atomic E-state index is 9.07. The van der Waals surface area contributed by atoms with E-state index in [1.54, 1.807) is 0 Å². The number of unbranched alkanes of at least 4 members (excludes halogenated alkanes) is 1. The summed E-state index contributed by atoms with van der Waals surface area (Å²) in [4.78, 5) is 0. The summed E-state index contributed by atoms with van der Waals surface area (Å²) in [5.74, 6) is 5.68. The molecule has 0 spiro atoms. The van der Waals surface area contributed by atoms with Gasteiger partial charge in [-0.2, -0.15) is 0 Å². The van der Waals surface area contributed by atoms with Crippen LogP contribution in [0.25, 0.3) is 0 Å². The molecular weight excluding hydrogens is 140 g/mol. The molecule has 11 heavy (non-hydrogen) atoms. The molecule has 64 valence electrons. The molecule has 0 heterocycles. The second kappa shape index (κ2) is 6.21. The molecule has 0 aliphatic heterocycles. The summed E-state index contributed by atoms with van der Waals surface area (Å²) in [5, 5.41) is 17.6. The average Bonchev–Trinajstić information content (AvgIpc) is 2.03. The minimum absolute atomic E-state index is 0.119. The van der Waals surface area contributed by atoms with Gasteiger partial charge < -0.3 is 10.2 Å². The van der Waals surface area contributed by atoms with E-state index in [4.69, 9.17) is 10.2 Å². The molecule has 2 heteroatoms. The van der Waals surface area contributed by atoms with Crippen molar-refractivity contribution in [3.05, 3.63) is 0 Å². The molecule has 0 radical (unpaired) electrons. The Morgan fingerprint density at radius 2 is 2.09 bits per heavy atom. The van der Waals surface area contributed by atoms with Crippen molar-refractivity contribution < 1.29 is 10.2 Å². The smallest absolute Gasteiger partial charge is 0.0905 e. The van der Waals surface area contributed by atoms with E-state index >= 15 is 0 Å². The van der Waals surface area contributed by atoms with Crippen molar-refractivity contribution in [3.63, 3.8) is 0 Å². The Bertz CT molecular complexity index is 143. The fraction of sp³-hybridized carbons (Fsp3) is 0.778. The van der Waals surface area contributed by atoms with Crippen LogP contribution in [0.1, 0.15) is 26.7 Å². The van der Waals surface area contributed by atoms with E-state index < -0.39 is 6.10 Å². The summed E-state index contributed by atoms with van der Waals surface area (Å²) in [7, 11) is 0. The third-order valence-electron chi connectivity index (χ3n) is 1.47. The van der Waals surface area contributed by atoms with Crippen molar-refractivity contribution in [1.29, 1.82) is 0 Å². The molecule has 0 unspecified atom stereocenters. The molecule has 0 amide bonds. The molecule has 0 rings (SSSR count). The summed E-state index contributed by atoms with van der Waals surface area (Å²) in [6, 6.07) is 0. The lowest BCUT2D eigenvalue weighted by atomic mass is 10.1. The van der Waals surface area contributed by atoms with Gasteiger partial charge in [-0.05, 0) is 13.3 Å². The van der Waals surface area contributed by atoms with E-state index in [9.17, 15) is 0 Å². The van der Waals surface area contributed by atoms with Gasteiger partial charge in [-0.25, -0.2) is 0 Å². The summed E-state index contributed by atoms with van der Waals surface area (Å²) in [6.45, 7) is 3.66. The molecule has 0 aliphatic carbocycles. The van der Waals surface area contributed by atoms with Crippen molar-refractivity contribution in [1.82, 2.24) is 0 Å². The van der Waals surface area contributed by atoms with Crippen molar-refractivity contribution >= 4 is 0 Å². The summed E-state index contributed by atoms with van der Waals surface area (Å²) in [5.41, 5.74) is 0. The van der Waals surface area contributed by atoms with E-state index in [0.29, 0.717) is 0 Å². The first-order chi connectivity index (χ1) is 5.22. The molecule has 0 aliphatic rings. The minimum Gasteiger partial charge on any atom is -0.394 e. The van der Waals surface area contributed by atoms with Crippen LogP contribution >= 0.6 is 0 Å². The van der Waals surface area contributed by atoms with Crippen molar-refractivity contribution in [2.45, 2.75) is 32.8 Å². The third-order valence-corrected chi connectivity index (χ3v) is 1.47. The first kappa shape index (κ1) is 10.5. The van der Waals surface area contributed by atoms with Crippen LogP contribution in [0, 0.1) is 17.8 Å². The van der Waals surface area contributed by atoms with Crippen molar-refractivity contribution in [2.75, 3.05) is 6.61 Å². The van der Waals surface area contributed by atoms with Crippen LogP contribution < -0.4 is 0 Å². The maximum atomic E-state index is 9.07. The standard InChI is InChI=1S/C9H16O2/c1-3-4-5-6-8(2)9(11)7-10/h8-11H,3-4,7H2,1-2H3/t8-,9-/m0/s1. The topological polar surface area (TPSA) is 40.5 Å². The van der Waals surface area contributed by atoms with Crippen molar-refractivity contribution in [3.8, 4) is 11.8 Å². The highest BCUT2D eigenvalue weighted by atomic mass is 16.3. The lowest BCUT2D eigenvalue weighted by Gasteiger charge is -2.08. The van der Waals surface area contributed by atoms with Gasteiger partial charge in [0, 0.05) is 12.3 Å². The predicted octanol–water partition coefficient (Wildman–Crippen LogP) is 0.779. The average molecular weight is 156 g/mol. The van der Waals surface area contributed by atoms with E-state index in [1.165, 1.54) is 0 Å². The van der Waals surface area contributed by atoms with Crippen LogP contribution in [-0.4, -0.2) is 22.9 Å². The largest absolute Gasteiger partial charge is 0.394 e. The van der Waals surface area contributed by atoms with Crippen LogP contribution in [-0.2, 0) is 0 Å². The molecule has 0 aromatic heterocycles. The first-order valence-corrected chi connectivity index (χ1v) is 3.99. The Labute approximate surface area is 68.2 Å². The highest BCUT2D eigenvalue weighted by Gasteiger charge is 2.08. The van der Waals surface area contributed by atoms with Crippen LogP contribution in [0.5, 0.6) is 0 Å². The molecule has 2 atom stereocenters. The molecule has 0 saturated carbocycles. The van der Waals surface area contributed by atoms with Gasteiger partial charge in [0.25, 0.3) is 0 Å². The molecule has 2 nitrogen and oxygen atoms in total. The van der Waals surface area contributed by atoms with Gasteiger partial charge in [0.15, 0.2) is 0 Å². The van der Waals surface area contributed by atoms with Gasteiger partial charge in [-0.3, -0.25) is 0 Å². The molecule has 0 bridgehead atoms. The number of aliphatic hydroxyl groups excluding tert-OH is 2. The molecule has 0 fully saturated rings. The van der Waals surface area contributed by atoms with E-state index in [0.717, 1.165) is 12.8 Å². The monoisotopic (exact) mass is 156 g/mol.